The van der Waals surface area contributed by atoms with Gasteiger partial charge in [0.2, 0.25) is 0 Å². The molecule has 2 aromatic heterocycles. The van der Waals surface area contributed by atoms with Crippen molar-refractivity contribution in [2.45, 2.75) is 39.1 Å². The topological polar surface area (TPSA) is 57.0 Å². The molecule has 34 heavy (non-hydrogen) atoms. The van der Waals surface area contributed by atoms with Gasteiger partial charge in [-0.3, -0.25) is 4.79 Å². The molecule has 0 unspecified atom stereocenters. The Labute approximate surface area is 196 Å². The molecule has 4 rings (SSSR count). The van der Waals surface area contributed by atoms with E-state index in [0.717, 1.165) is 17.5 Å². The molecule has 8 heteroatoms. The number of benzene rings is 1. The van der Waals surface area contributed by atoms with Gasteiger partial charge >= 0.3 is 6.18 Å². The van der Waals surface area contributed by atoms with Crippen LogP contribution in [0.15, 0.2) is 66.9 Å². The van der Waals surface area contributed by atoms with Crippen LogP contribution in [0, 0.1) is 24.7 Å². The number of alkyl halides is 3. The Morgan fingerprint density at radius 2 is 1.88 bits per heavy atom. The molecular weight excluding hydrogens is 443 g/mol. The standard InChI is InChI=1S/C24H20F3N3O2.C2H4/c1-16-10-20(32-14-22-21(24(25,26)27)12-28-15-29-22)11-23(31)30(16)13-19-8-6-18(7-9-19)5-4-17-2-3-17;1-2/h6-12,15,17H,2-3,13-14H2,1H3;1-2H2. The van der Waals surface area contributed by atoms with Crippen LogP contribution in [-0.2, 0) is 19.3 Å². The summed E-state index contributed by atoms with van der Waals surface area (Å²) in [6, 6.07) is 10.6. The zero-order valence-corrected chi connectivity index (χ0v) is 18.7. The lowest BCUT2D eigenvalue weighted by Gasteiger charge is -2.14. The number of aromatic nitrogens is 3. The molecule has 2 heterocycles. The minimum atomic E-state index is -4.59. The van der Waals surface area contributed by atoms with E-state index in [0.29, 0.717) is 24.4 Å². The molecule has 0 aliphatic heterocycles. The Bertz CT molecular complexity index is 1250. The molecule has 3 aromatic rings. The van der Waals surface area contributed by atoms with Gasteiger partial charge in [0.05, 0.1) is 17.8 Å². The maximum Gasteiger partial charge on any atom is 0.419 e. The average Bonchev–Trinajstić information content (AvgIpc) is 3.65. The van der Waals surface area contributed by atoms with Gasteiger partial charge in [-0.1, -0.05) is 24.0 Å². The van der Waals surface area contributed by atoms with Gasteiger partial charge in [0.15, 0.2) is 0 Å². The van der Waals surface area contributed by atoms with Crippen molar-refractivity contribution >= 4 is 0 Å². The fraction of sp³-hybridized carbons (Fsp3) is 0.269. The molecule has 176 valence electrons. The highest BCUT2D eigenvalue weighted by Gasteiger charge is 2.34. The van der Waals surface area contributed by atoms with Crippen molar-refractivity contribution in [2.24, 2.45) is 5.92 Å². The summed E-state index contributed by atoms with van der Waals surface area (Å²) in [5.41, 5.74) is 0.947. The maximum absolute atomic E-state index is 13.1. The number of halogens is 3. The normalized spacial score (nSPS) is 12.7. The Hall–Kier alpha value is -3.86. The molecule has 1 aromatic carbocycles. The van der Waals surface area contributed by atoms with E-state index in [2.05, 4.69) is 35.0 Å². The molecule has 0 bridgehead atoms. The summed E-state index contributed by atoms with van der Waals surface area (Å²) in [5, 5.41) is 0. The van der Waals surface area contributed by atoms with Crippen molar-refractivity contribution in [3.63, 3.8) is 0 Å². The average molecular weight is 467 g/mol. The van der Waals surface area contributed by atoms with Gasteiger partial charge in [0.25, 0.3) is 5.56 Å². The van der Waals surface area contributed by atoms with E-state index in [9.17, 15) is 18.0 Å². The second kappa shape index (κ2) is 10.8. The van der Waals surface area contributed by atoms with Crippen LogP contribution < -0.4 is 10.3 Å². The van der Waals surface area contributed by atoms with E-state index in [1.54, 1.807) is 17.6 Å². The molecule has 0 spiro atoms. The summed E-state index contributed by atoms with van der Waals surface area (Å²) in [6.07, 6.45) is -0.499. The van der Waals surface area contributed by atoms with Crippen molar-refractivity contribution in [1.29, 1.82) is 0 Å². The molecular formula is C26H24F3N3O2. The van der Waals surface area contributed by atoms with E-state index in [1.165, 1.54) is 18.9 Å². The van der Waals surface area contributed by atoms with Gasteiger partial charge in [-0.15, -0.1) is 13.2 Å². The van der Waals surface area contributed by atoms with Gasteiger partial charge in [0.1, 0.15) is 18.7 Å². The van der Waals surface area contributed by atoms with E-state index in [1.807, 2.05) is 24.3 Å². The molecule has 0 saturated heterocycles. The highest BCUT2D eigenvalue weighted by atomic mass is 19.4. The Kier molecular flexibility index (Phi) is 7.90. The molecule has 1 saturated carbocycles. The number of pyridine rings is 1. The van der Waals surface area contributed by atoms with Crippen molar-refractivity contribution in [3.8, 4) is 17.6 Å². The third kappa shape index (κ3) is 6.58. The minimum Gasteiger partial charge on any atom is -0.487 e. The quantitative estimate of drug-likeness (QED) is 0.384. The molecule has 1 fully saturated rings. The number of aryl methyl sites for hydroxylation is 1. The van der Waals surface area contributed by atoms with E-state index < -0.39 is 18.3 Å². The first kappa shape index (κ1) is 24.8. The van der Waals surface area contributed by atoms with Gasteiger partial charge in [-0.25, -0.2) is 9.97 Å². The third-order valence-corrected chi connectivity index (χ3v) is 5.08. The summed E-state index contributed by atoms with van der Waals surface area (Å²) < 4.78 is 46.2. The molecule has 0 N–H and O–H groups in total. The summed E-state index contributed by atoms with van der Waals surface area (Å²) >= 11 is 0. The van der Waals surface area contributed by atoms with Crippen LogP contribution in [0.2, 0.25) is 0 Å². The van der Waals surface area contributed by atoms with E-state index >= 15 is 0 Å². The predicted octanol–water partition coefficient (Wildman–Crippen LogP) is 5.16. The zero-order valence-electron chi connectivity index (χ0n) is 18.7. The summed E-state index contributed by atoms with van der Waals surface area (Å²) in [7, 11) is 0. The second-order valence-corrected chi connectivity index (χ2v) is 7.67. The molecule has 5 nitrogen and oxygen atoms in total. The summed E-state index contributed by atoms with van der Waals surface area (Å²) in [5.74, 6) is 7.08. The van der Waals surface area contributed by atoms with Gasteiger partial charge < -0.3 is 9.30 Å². The second-order valence-electron chi connectivity index (χ2n) is 7.67. The first-order chi connectivity index (χ1) is 16.3. The Morgan fingerprint density at radius 1 is 1.18 bits per heavy atom. The smallest absolute Gasteiger partial charge is 0.419 e. The van der Waals surface area contributed by atoms with Crippen molar-refractivity contribution in [1.82, 2.24) is 14.5 Å². The highest BCUT2D eigenvalue weighted by molar-refractivity contribution is 5.37. The van der Waals surface area contributed by atoms with Crippen LogP contribution in [0.5, 0.6) is 5.75 Å². The number of ether oxygens (including phenoxy) is 1. The van der Waals surface area contributed by atoms with Crippen molar-refractivity contribution < 1.29 is 17.9 Å². The van der Waals surface area contributed by atoms with Gasteiger partial charge in [-0.2, -0.15) is 13.2 Å². The zero-order chi connectivity index (χ0) is 24.7. The van der Waals surface area contributed by atoms with Crippen molar-refractivity contribution in [3.05, 3.63) is 101 Å². The van der Waals surface area contributed by atoms with Crippen LogP contribution >= 0.6 is 0 Å². The highest BCUT2D eigenvalue weighted by Crippen LogP contribution is 2.31. The van der Waals surface area contributed by atoms with Crippen LogP contribution in [0.4, 0.5) is 13.2 Å². The number of hydrogen-bond acceptors (Lipinski definition) is 4. The summed E-state index contributed by atoms with van der Waals surface area (Å²) in [6.45, 7) is 7.69. The van der Waals surface area contributed by atoms with Crippen LogP contribution in [0.3, 0.4) is 0 Å². The number of hydrogen-bond donors (Lipinski definition) is 0. The molecule has 1 aliphatic carbocycles. The van der Waals surface area contributed by atoms with E-state index in [4.69, 9.17) is 4.74 Å². The van der Waals surface area contributed by atoms with Gasteiger partial charge in [-0.05, 0) is 43.5 Å². The summed E-state index contributed by atoms with van der Waals surface area (Å²) in [4.78, 5) is 19.7. The first-order valence-electron chi connectivity index (χ1n) is 10.6. The lowest BCUT2D eigenvalue weighted by Crippen LogP contribution is -2.22. The van der Waals surface area contributed by atoms with E-state index in [-0.39, 0.29) is 17.0 Å². The van der Waals surface area contributed by atoms with Crippen LogP contribution in [0.25, 0.3) is 0 Å². The molecule has 0 atom stereocenters. The lowest BCUT2D eigenvalue weighted by atomic mass is 10.1. The fourth-order valence-electron chi connectivity index (χ4n) is 3.13. The maximum atomic E-state index is 13.1. The fourth-order valence-corrected chi connectivity index (χ4v) is 3.13. The van der Waals surface area contributed by atoms with Crippen molar-refractivity contribution in [2.75, 3.05) is 0 Å². The Balaban J connectivity index is 0.00000158. The number of rotatable bonds is 5. The van der Waals surface area contributed by atoms with Crippen LogP contribution in [0.1, 0.15) is 40.9 Å². The monoisotopic (exact) mass is 467 g/mol. The minimum absolute atomic E-state index is 0.182. The largest absolute Gasteiger partial charge is 0.487 e. The molecule has 0 amide bonds. The molecule has 0 radical (unpaired) electrons. The SMILES string of the molecule is C=C.Cc1cc(OCc2ncncc2C(F)(F)F)cc(=O)n1Cc1ccc(C#CC2CC2)cc1. The third-order valence-electron chi connectivity index (χ3n) is 5.08. The first-order valence-corrected chi connectivity index (χ1v) is 10.6. The number of nitrogens with zero attached hydrogens (tertiary/aromatic N) is 3. The Morgan fingerprint density at radius 3 is 2.50 bits per heavy atom. The predicted molar refractivity (Wildman–Crippen MR) is 123 cm³/mol. The lowest BCUT2D eigenvalue weighted by molar-refractivity contribution is -0.139. The van der Waals surface area contributed by atoms with Crippen LogP contribution in [-0.4, -0.2) is 14.5 Å². The molecule has 1 aliphatic rings. The van der Waals surface area contributed by atoms with Gasteiger partial charge in [0, 0.05) is 29.4 Å².